The molecule has 1 saturated heterocycles. The van der Waals surface area contributed by atoms with Crippen molar-refractivity contribution in [2.24, 2.45) is 0 Å². The van der Waals surface area contributed by atoms with Crippen LogP contribution >= 0.6 is 0 Å². The summed E-state index contributed by atoms with van der Waals surface area (Å²) in [6.45, 7) is 1.83. The van der Waals surface area contributed by atoms with Crippen LogP contribution in [0.1, 0.15) is 59.3 Å². The summed E-state index contributed by atoms with van der Waals surface area (Å²) in [6.07, 6.45) is 3.45. The van der Waals surface area contributed by atoms with Gasteiger partial charge in [0.05, 0.1) is 0 Å². The average Bonchev–Trinajstić information content (AvgIpc) is 3.09. The summed E-state index contributed by atoms with van der Waals surface area (Å²) in [5, 5.41) is 0.997. The zero-order valence-electron chi connectivity index (χ0n) is 15.6. The van der Waals surface area contributed by atoms with Gasteiger partial charge in [0.15, 0.2) is 5.78 Å². The van der Waals surface area contributed by atoms with Crippen LogP contribution in [0.25, 0.3) is 10.9 Å². The Labute approximate surface area is 162 Å². The third kappa shape index (κ3) is 2.94. The molecule has 28 heavy (non-hydrogen) atoms. The molecule has 3 heterocycles. The van der Waals surface area contributed by atoms with Crippen molar-refractivity contribution in [2.75, 3.05) is 13.1 Å². The van der Waals surface area contributed by atoms with Crippen molar-refractivity contribution >= 4 is 16.7 Å². The molecule has 1 N–H and O–H groups in total. The molecule has 6 rings (SSSR count). The predicted octanol–water partition coefficient (Wildman–Crippen LogP) is 5.34. The Kier molecular flexibility index (Phi) is 4.27. The Balaban J connectivity index is 1.30. The molecule has 2 unspecified atom stereocenters. The molecule has 1 aromatic heterocycles. The molecule has 0 amide bonds. The number of halogens is 2. The average molecular weight is 380 g/mol. The molecular weight excluding hydrogens is 358 g/mol. The number of Topliss-reactive ketones (excluding diaryl/α,β-unsaturated/α-hetero) is 1. The summed E-state index contributed by atoms with van der Waals surface area (Å²) in [5.74, 6) is -0.0284. The number of hydrogen-bond acceptors (Lipinski definition) is 2. The lowest BCUT2D eigenvalue weighted by atomic mass is 9.77. The molecule has 2 atom stereocenters. The van der Waals surface area contributed by atoms with Crippen molar-refractivity contribution in [2.45, 2.75) is 37.6 Å². The Morgan fingerprint density at radius 2 is 1.86 bits per heavy atom. The van der Waals surface area contributed by atoms with Crippen molar-refractivity contribution in [3.63, 3.8) is 0 Å². The second kappa shape index (κ2) is 6.82. The van der Waals surface area contributed by atoms with Gasteiger partial charge in [0.2, 0.25) is 0 Å². The molecular formula is C23H22F2N2O. The second-order valence-electron chi connectivity index (χ2n) is 7.96. The van der Waals surface area contributed by atoms with E-state index in [1.54, 1.807) is 18.2 Å². The van der Waals surface area contributed by atoms with Crippen LogP contribution in [-0.2, 0) is 0 Å². The fourth-order valence-electron chi connectivity index (χ4n) is 4.96. The number of hydrogen-bond donors (Lipinski definition) is 1. The van der Waals surface area contributed by atoms with Gasteiger partial charge in [-0.25, -0.2) is 8.78 Å². The minimum Gasteiger partial charge on any atom is -0.358 e. The van der Waals surface area contributed by atoms with E-state index in [2.05, 4.69) is 9.88 Å². The SMILES string of the molecule is O=C(CCCN1CC2CCC1c1c2[nH]c2ccc(F)cc12)c1ccc(F)cc1. The number of carbonyl (C=O) groups excluding carboxylic acids is 1. The van der Waals surface area contributed by atoms with Crippen molar-refractivity contribution in [3.05, 3.63) is 70.9 Å². The van der Waals surface area contributed by atoms with Crippen molar-refractivity contribution in [1.82, 2.24) is 9.88 Å². The number of fused-ring (bicyclic) bond motifs is 3. The molecule has 2 aliphatic heterocycles. The Hall–Kier alpha value is -2.53. The van der Waals surface area contributed by atoms with E-state index >= 15 is 0 Å². The van der Waals surface area contributed by atoms with E-state index < -0.39 is 0 Å². The van der Waals surface area contributed by atoms with E-state index in [0.717, 1.165) is 43.3 Å². The van der Waals surface area contributed by atoms with Gasteiger partial charge in [0, 0.05) is 47.1 Å². The first kappa shape index (κ1) is 17.6. The van der Waals surface area contributed by atoms with Gasteiger partial charge in [0.1, 0.15) is 11.6 Å². The molecule has 3 aromatic rings. The number of nitrogens with one attached hydrogen (secondary N) is 1. The largest absolute Gasteiger partial charge is 0.358 e. The first-order valence-corrected chi connectivity index (χ1v) is 9.94. The van der Waals surface area contributed by atoms with Gasteiger partial charge >= 0.3 is 0 Å². The second-order valence-corrected chi connectivity index (χ2v) is 7.96. The maximum absolute atomic E-state index is 13.8. The van der Waals surface area contributed by atoms with Gasteiger partial charge in [-0.2, -0.15) is 0 Å². The van der Waals surface area contributed by atoms with Crippen LogP contribution in [0.3, 0.4) is 0 Å². The van der Waals surface area contributed by atoms with Crippen molar-refractivity contribution in [1.29, 1.82) is 0 Å². The molecule has 0 radical (unpaired) electrons. The van der Waals surface area contributed by atoms with Crippen molar-refractivity contribution in [3.8, 4) is 0 Å². The first-order chi connectivity index (χ1) is 13.6. The van der Waals surface area contributed by atoms with Crippen molar-refractivity contribution < 1.29 is 13.6 Å². The summed E-state index contributed by atoms with van der Waals surface area (Å²) < 4.78 is 26.8. The molecule has 5 heteroatoms. The standard InChI is InChI=1S/C23H22F2N2O/c24-16-6-3-14(4-7-16)21(28)2-1-11-27-13-15-5-10-20(27)22-18-12-17(25)8-9-19(18)26-23(15)22/h3-4,6-9,12,15,20,26H,1-2,5,10-11,13H2. The minimum atomic E-state index is -0.327. The van der Waals surface area contributed by atoms with Gasteiger partial charge in [-0.05, 0) is 73.8 Å². The number of H-pyrrole nitrogens is 1. The number of aromatic amines is 1. The first-order valence-electron chi connectivity index (χ1n) is 9.94. The van der Waals surface area contributed by atoms with E-state index in [-0.39, 0.29) is 23.5 Å². The number of piperidine rings is 1. The number of nitrogens with zero attached hydrogens (tertiary/aromatic N) is 1. The van der Waals surface area contributed by atoms with Gasteiger partial charge < -0.3 is 4.98 Å². The minimum absolute atomic E-state index is 0.0528. The van der Waals surface area contributed by atoms with Crippen LogP contribution in [0.15, 0.2) is 42.5 Å². The van der Waals surface area contributed by atoms with Gasteiger partial charge in [-0.3, -0.25) is 9.69 Å². The van der Waals surface area contributed by atoms with E-state index in [4.69, 9.17) is 0 Å². The number of aromatic nitrogens is 1. The summed E-state index contributed by atoms with van der Waals surface area (Å²) in [4.78, 5) is 18.3. The Bertz CT molecular complexity index is 1040. The third-order valence-electron chi connectivity index (χ3n) is 6.27. The molecule has 0 spiro atoms. The van der Waals surface area contributed by atoms with E-state index in [9.17, 15) is 13.6 Å². The normalized spacial score (nSPS) is 21.2. The Morgan fingerprint density at radius 3 is 2.68 bits per heavy atom. The quantitative estimate of drug-likeness (QED) is 0.606. The number of ketones is 1. The van der Waals surface area contributed by atoms with Crippen LogP contribution in [-0.4, -0.2) is 28.8 Å². The summed E-state index contributed by atoms with van der Waals surface area (Å²) >= 11 is 0. The predicted molar refractivity (Wildman–Crippen MR) is 105 cm³/mol. The highest BCUT2D eigenvalue weighted by molar-refractivity contribution is 5.96. The fourth-order valence-corrected chi connectivity index (χ4v) is 4.96. The van der Waals surface area contributed by atoms with Crippen LogP contribution in [0, 0.1) is 11.6 Å². The molecule has 2 bridgehead atoms. The summed E-state index contributed by atoms with van der Waals surface area (Å²) in [7, 11) is 0. The summed E-state index contributed by atoms with van der Waals surface area (Å²) in [5.41, 5.74) is 4.10. The monoisotopic (exact) mass is 380 g/mol. The molecule has 1 aliphatic carbocycles. The highest BCUT2D eigenvalue weighted by Gasteiger charge is 2.40. The van der Waals surface area contributed by atoms with Gasteiger partial charge in [-0.1, -0.05) is 0 Å². The van der Waals surface area contributed by atoms with E-state index in [0.29, 0.717) is 17.9 Å². The van der Waals surface area contributed by atoms with Crippen LogP contribution < -0.4 is 0 Å². The van der Waals surface area contributed by atoms with E-state index in [1.807, 2.05) is 6.07 Å². The fraction of sp³-hybridized carbons (Fsp3) is 0.348. The van der Waals surface area contributed by atoms with Gasteiger partial charge in [-0.15, -0.1) is 0 Å². The molecule has 3 aliphatic rings. The third-order valence-corrected chi connectivity index (χ3v) is 6.27. The van der Waals surface area contributed by atoms with Gasteiger partial charge in [0.25, 0.3) is 0 Å². The zero-order valence-corrected chi connectivity index (χ0v) is 15.6. The lowest BCUT2D eigenvalue weighted by molar-refractivity contribution is 0.0931. The highest BCUT2D eigenvalue weighted by Crippen LogP contribution is 2.49. The highest BCUT2D eigenvalue weighted by atomic mass is 19.1. The lowest BCUT2D eigenvalue weighted by Gasteiger charge is -2.45. The van der Waals surface area contributed by atoms with Crippen LogP contribution in [0.4, 0.5) is 8.78 Å². The summed E-state index contributed by atoms with van der Waals surface area (Å²) in [6, 6.07) is 11.0. The molecule has 144 valence electrons. The maximum atomic E-state index is 13.8. The lowest BCUT2D eigenvalue weighted by Crippen LogP contribution is -2.42. The molecule has 1 fully saturated rings. The zero-order chi connectivity index (χ0) is 19.3. The maximum Gasteiger partial charge on any atom is 0.162 e. The van der Waals surface area contributed by atoms with Crippen LogP contribution in [0.2, 0.25) is 0 Å². The number of carbonyl (C=O) groups is 1. The topological polar surface area (TPSA) is 36.1 Å². The van der Waals surface area contributed by atoms with E-state index in [1.165, 1.54) is 29.5 Å². The molecule has 3 nitrogen and oxygen atoms in total. The smallest absolute Gasteiger partial charge is 0.162 e. The Morgan fingerprint density at radius 1 is 1.07 bits per heavy atom. The van der Waals surface area contributed by atoms with Crippen LogP contribution in [0.5, 0.6) is 0 Å². The molecule has 0 saturated carbocycles. The molecule has 2 aromatic carbocycles. The number of rotatable bonds is 5. The number of benzene rings is 2.